The number of carbonyl (C=O) groups is 1. The van der Waals surface area contributed by atoms with E-state index in [1.807, 2.05) is 29.5 Å². The number of amides is 1. The number of benzene rings is 1. The van der Waals surface area contributed by atoms with Gasteiger partial charge in [0.05, 0.1) is 6.54 Å². The van der Waals surface area contributed by atoms with Crippen molar-refractivity contribution in [1.82, 2.24) is 10.3 Å². The summed E-state index contributed by atoms with van der Waals surface area (Å²) in [4.78, 5) is 17.1. The average Bonchev–Trinajstić information content (AvgIpc) is 3.11. The predicted octanol–water partition coefficient (Wildman–Crippen LogP) is 4.86. The molecule has 1 aromatic heterocycles. The largest absolute Gasteiger partial charge is 0.290 e. The van der Waals surface area contributed by atoms with Crippen molar-refractivity contribution in [2.75, 3.05) is 13.1 Å². The summed E-state index contributed by atoms with van der Waals surface area (Å²) in [6.07, 6.45) is 6.69. The highest BCUT2D eigenvalue weighted by atomic mass is 35.5. The average molecular weight is 402 g/mol. The zero-order chi connectivity index (χ0) is 18.6. The molecule has 2 aromatic rings. The minimum atomic E-state index is -0.0122. The minimum absolute atomic E-state index is 0.0122. The fourth-order valence-corrected chi connectivity index (χ4v) is 5.11. The number of hydrogen-bond donors (Lipinski definition) is 1. The molecule has 2 heterocycles. The molecule has 1 aliphatic carbocycles. The van der Waals surface area contributed by atoms with Gasteiger partial charge in [0.2, 0.25) is 0 Å². The first kappa shape index (κ1) is 18.7. The molecule has 1 amide bonds. The Balaban J connectivity index is 1.36. The van der Waals surface area contributed by atoms with E-state index in [0.29, 0.717) is 6.54 Å². The van der Waals surface area contributed by atoms with E-state index in [4.69, 9.17) is 11.6 Å². The smallest absolute Gasteiger partial charge is 0.254 e. The van der Waals surface area contributed by atoms with Gasteiger partial charge in [0.1, 0.15) is 0 Å². The SMILES string of the molecule is O=C(CN1CCc2sc(-c3cccc(Cl)c3)cc2C1)NN=C1CCCCC1. The predicted molar refractivity (Wildman–Crippen MR) is 112 cm³/mol. The molecule has 142 valence electrons. The van der Waals surface area contributed by atoms with Crippen LogP contribution in [0, 0.1) is 0 Å². The first-order valence-corrected chi connectivity index (χ1v) is 10.8. The summed E-state index contributed by atoms with van der Waals surface area (Å²) in [7, 11) is 0. The van der Waals surface area contributed by atoms with Crippen LogP contribution >= 0.6 is 22.9 Å². The quantitative estimate of drug-likeness (QED) is 0.743. The topological polar surface area (TPSA) is 44.7 Å². The fraction of sp³-hybridized carbons (Fsp3) is 0.429. The van der Waals surface area contributed by atoms with Crippen molar-refractivity contribution < 1.29 is 4.79 Å². The molecule has 0 bridgehead atoms. The minimum Gasteiger partial charge on any atom is -0.290 e. The Kier molecular flexibility index (Phi) is 5.91. The van der Waals surface area contributed by atoms with Gasteiger partial charge in [0.25, 0.3) is 5.91 Å². The van der Waals surface area contributed by atoms with E-state index < -0.39 is 0 Å². The lowest BCUT2D eigenvalue weighted by Gasteiger charge is -2.25. The number of hydrazone groups is 1. The summed E-state index contributed by atoms with van der Waals surface area (Å²) < 4.78 is 0. The number of hydrogen-bond acceptors (Lipinski definition) is 4. The number of thiophene rings is 1. The van der Waals surface area contributed by atoms with Crippen LogP contribution in [0.4, 0.5) is 0 Å². The molecule has 1 N–H and O–H groups in total. The van der Waals surface area contributed by atoms with Crippen LogP contribution in [-0.2, 0) is 17.8 Å². The van der Waals surface area contributed by atoms with Crippen molar-refractivity contribution in [1.29, 1.82) is 0 Å². The van der Waals surface area contributed by atoms with Gasteiger partial charge in [-0.3, -0.25) is 9.69 Å². The van der Waals surface area contributed by atoms with E-state index in [0.717, 1.165) is 48.6 Å². The summed E-state index contributed by atoms with van der Waals surface area (Å²) in [6.45, 7) is 2.13. The van der Waals surface area contributed by atoms with Gasteiger partial charge in [-0.05, 0) is 61.4 Å². The van der Waals surface area contributed by atoms with Gasteiger partial charge in [0, 0.05) is 33.6 Å². The Bertz CT molecular complexity index is 853. The summed E-state index contributed by atoms with van der Waals surface area (Å²) in [5, 5.41) is 5.09. The van der Waals surface area contributed by atoms with Crippen LogP contribution in [0.1, 0.15) is 42.5 Å². The van der Waals surface area contributed by atoms with E-state index in [2.05, 4.69) is 27.6 Å². The normalized spacial score (nSPS) is 17.4. The van der Waals surface area contributed by atoms with Crippen molar-refractivity contribution in [3.05, 3.63) is 45.8 Å². The van der Waals surface area contributed by atoms with E-state index >= 15 is 0 Å². The highest BCUT2D eigenvalue weighted by molar-refractivity contribution is 7.15. The number of carbonyl (C=O) groups excluding carboxylic acids is 1. The molecular weight excluding hydrogens is 378 g/mol. The number of fused-ring (bicyclic) bond motifs is 1. The second-order valence-electron chi connectivity index (χ2n) is 7.30. The van der Waals surface area contributed by atoms with Crippen molar-refractivity contribution in [2.24, 2.45) is 5.10 Å². The van der Waals surface area contributed by atoms with E-state index in [-0.39, 0.29) is 5.91 Å². The van der Waals surface area contributed by atoms with Crippen LogP contribution in [0.5, 0.6) is 0 Å². The van der Waals surface area contributed by atoms with Crippen molar-refractivity contribution in [2.45, 2.75) is 45.1 Å². The third kappa shape index (κ3) is 4.78. The number of rotatable bonds is 4. The Labute approximate surface area is 169 Å². The molecule has 1 aliphatic heterocycles. The maximum absolute atomic E-state index is 12.3. The molecule has 2 aliphatic rings. The summed E-state index contributed by atoms with van der Waals surface area (Å²) in [5.74, 6) is -0.0122. The molecular formula is C21H24ClN3OS. The lowest BCUT2D eigenvalue weighted by Crippen LogP contribution is -2.38. The molecule has 1 aromatic carbocycles. The molecule has 27 heavy (non-hydrogen) atoms. The first-order chi connectivity index (χ1) is 13.2. The number of nitrogens with zero attached hydrogens (tertiary/aromatic N) is 2. The molecule has 0 radical (unpaired) electrons. The second-order valence-corrected chi connectivity index (χ2v) is 8.88. The summed E-state index contributed by atoms with van der Waals surface area (Å²) in [5.41, 5.74) is 6.38. The van der Waals surface area contributed by atoms with Crippen LogP contribution in [-0.4, -0.2) is 29.6 Å². The van der Waals surface area contributed by atoms with Crippen LogP contribution in [0.3, 0.4) is 0 Å². The number of nitrogens with one attached hydrogen (secondary N) is 1. The standard InChI is InChI=1S/C21H24ClN3OS/c22-17-6-4-5-15(11-17)20-12-16-13-25(10-9-19(16)27-20)14-21(26)24-23-18-7-2-1-3-8-18/h4-6,11-12H,1-3,7-10,13-14H2,(H,24,26). The van der Waals surface area contributed by atoms with Crippen LogP contribution in [0.2, 0.25) is 5.02 Å². The molecule has 4 nitrogen and oxygen atoms in total. The zero-order valence-electron chi connectivity index (χ0n) is 15.3. The van der Waals surface area contributed by atoms with E-state index in [9.17, 15) is 4.79 Å². The molecule has 6 heteroatoms. The van der Waals surface area contributed by atoms with Gasteiger partial charge in [-0.15, -0.1) is 11.3 Å². The van der Waals surface area contributed by atoms with Gasteiger partial charge >= 0.3 is 0 Å². The fourth-order valence-electron chi connectivity index (χ4n) is 3.76. The van der Waals surface area contributed by atoms with Gasteiger partial charge in [-0.2, -0.15) is 5.10 Å². The van der Waals surface area contributed by atoms with Crippen LogP contribution in [0.25, 0.3) is 10.4 Å². The van der Waals surface area contributed by atoms with Crippen molar-refractivity contribution in [3.8, 4) is 10.4 Å². The third-order valence-electron chi connectivity index (χ3n) is 5.19. The summed E-state index contributed by atoms with van der Waals surface area (Å²) in [6, 6.07) is 10.2. The lowest BCUT2D eigenvalue weighted by atomic mass is 9.99. The Morgan fingerprint density at radius 3 is 2.85 bits per heavy atom. The Morgan fingerprint density at radius 2 is 2.04 bits per heavy atom. The van der Waals surface area contributed by atoms with Crippen molar-refractivity contribution in [3.63, 3.8) is 0 Å². The van der Waals surface area contributed by atoms with Gasteiger partial charge in [-0.1, -0.05) is 30.2 Å². The zero-order valence-corrected chi connectivity index (χ0v) is 16.9. The molecule has 4 rings (SSSR count). The Hall–Kier alpha value is -1.69. The van der Waals surface area contributed by atoms with Gasteiger partial charge in [-0.25, -0.2) is 5.43 Å². The monoisotopic (exact) mass is 401 g/mol. The molecule has 1 fully saturated rings. The highest BCUT2D eigenvalue weighted by Gasteiger charge is 2.21. The van der Waals surface area contributed by atoms with E-state index in [1.165, 1.54) is 34.6 Å². The maximum atomic E-state index is 12.3. The molecule has 0 atom stereocenters. The maximum Gasteiger partial charge on any atom is 0.254 e. The third-order valence-corrected chi connectivity index (χ3v) is 6.71. The lowest BCUT2D eigenvalue weighted by molar-refractivity contribution is -0.122. The molecule has 1 saturated carbocycles. The van der Waals surface area contributed by atoms with Crippen LogP contribution in [0.15, 0.2) is 35.4 Å². The highest BCUT2D eigenvalue weighted by Crippen LogP contribution is 2.35. The Morgan fingerprint density at radius 1 is 1.19 bits per heavy atom. The van der Waals surface area contributed by atoms with Crippen LogP contribution < -0.4 is 5.43 Å². The molecule has 0 spiro atoms. The van der Waals surface area contributed by atoms with Gasteiger partial charge < -0.3 is 0 Å². The molecule has 0 saturated heterocycles. The molecule has 0 unspecified atom stereocenters. The summed E-state index contributed by atoms with van der Waals surface area (Å²) >= 11 is 7.97. The van der Waals surface area contributed by atoms with Gasteiger partial charge in [0.15, 0.2) is 0 Å². The number of halogens is 1. The first-order valence-electron chi connectivity index (χ1n) is 9.61. The van der Waals surface area contributed by atoms with Crippen molar-refractivity contribution >= 4 is 34.6 Å². The second kappa shape index (κ2) is 8.55. The van der Waals surface area contributed by atoms with E-state index in [1.54, 1.807) is 0 Å².